The van der Waals surface area contributed by atoms with Crippen LogP contribution in [0.3, 0.4) is 0 Å². The van der Waals surface area contributed by atoms with E-state index in [0.717, 1.165) is 12.8 Å². The second-order valence-electron chi connectivity index (χ2n) is 5.50. The van der Waals surface area contributed by atoms with Crippen LogP contribution in [0.25, 0.3) is 0 Å². The fourth-order valence-corrected chi connectivity index (χ4v) is 2.74. The van der Waals surface area contributed by atoms with E-state index in [0.29, 0.717) is 24.6 Å². The first-order chi connectivity index (χ1) is 9.17. The van der Waals surface area contributed by atoms with Crippen LogP contribution in [0.5, 0.6) is 0 Å². The van der Waals surface area contributed by atoms with Crippen LogP contribution in [0.1, 0.15) is 44.9 Å². The van der Waals surface area contributed by atoms with Gasteiger partial charge in [-0.2, -0.15) is 0 Å². The molecule has 1 fully saturated rings. The molecule has 0 atom stereocenters. The van der Waals surface area contributed by atoms with Gasteiger partial charge >= 0.3 is 0 Å². The molecule has 5 nitrogen and oxygen atoms in total. The molecule has 2 rings (SSSR count). The summed E-state index contributed by atoms with van der Waals surface area (Å²) in [4.78, 5) is 18.5. The lowest BCUT2D eigenvalue weighted by molar-refractivity contribution is 0.0943. The van der Waals surface area contributed by atoms with E-state index in [1.807, 2.05) is 6.92 Å². The maximum atomic E-state index is 11.5. The van der Waals surface area contributed by atoms with Gasteiger partial charge in [-0.05, 0) is 12.8 Å². The number of aromatic nitrogens is 2. The lowest BCUT2D eigenvalue weighted by atomic mass is 9.74. The van der Waals surface area contributed by atoms with Crippen molar-refractivity contribution in [2.45, 2.75) is 45.4 Å². The molecule has 0 amide bonds. The fraction of sp³-hybridized carbons (Fsp3) is 0.714. The summed E-state index contributed by atoms with van der Waals surface area (Å²) in [6.07, 6.45) is 6.39. The minimum absolute atomic E-state index is 0.0467. The molecule has 0 aliphatic heterocycles. The molecule has 0 bridgehead atoms. The number of hydrogen-bond donors (Lipinski definition) is 3. The van der Waals surface area contributed by atoms with Gasteiger partial charge in [0.15, 0.2) is 0 Å². The van der Waals surface area contributed by atoms with Gasteiger partial charge in [0.2, 0.25) is 0 Å². The number of nitrogens with one attached hydrogen (secondary N) is 2. The quantitative estimate of drug-likeness (QED) is 0.757. The summed E-state index contributed by atoms with van der Waals surface area (Å²) in [5.41, 5.74) is -0.175. The Labute approximate surface area is 113 Å². The van der Waals surface area contributed by atoms with Gasteiger partial charge < -0.3 is 15.4 Å². The third kappa shape index (κ3) is 3.56. The molecule has 19 heavy (non-hydrogen) atoms. The largest absolute Gasteiger partial charge is 0.396 e. The van der Waals surface area contributed by atoms with Crippen molar-refractivity contribution in [3.8, 4) is 0 Å². The van der Waals surface area contributed by atoms with E-state index in [2.05, 4.69) is 15.3 Å². The molecule has 5 heteroatoms. The second kappa shape index (κ2) is 6.19. The Morgan fingerprint density at radius 1 is 1.42 bits per heavy atom. The van der Waals surface area contributed by atoms with E-state index < -0.39 is 0 Å². The smallest absolute Gasteiger partial charge is 0.252 e. The molecular weight excluding hydrogens is 242 g/mol. The molecule has 0 aromatic carbocycles. The number of anilines is 1. The number of aliphatic hydroxyl groups excluding tert-OH is 1. The minimum atomic E-state index is -0.129. The van der Waals surface area contributed by atoms with Gasteiger partial charge in [0.25, 0.3) is 5.56 Å². The van der Waals surface area contributed by atoms with E-state index >= 15 is 0 Å². The van der Waals surface area contributed by atoms with Gasteiger partial charge in [0.05, 0.1) is 6.61 Å². The second-order valence-corrected chi connectivity index (χ2v) is 5.50. The predicted molar refractivity (Wildman–Crippen MR) is 75.3 cm³/mol. The molecule has 0 unspecified atom stereocenters. The number of rotatable bonds is 5. The summed E-state index contributed by atoms with van der Waals surface area (Å²) >= 11 is 0. The highest BCUT2D eigenvalue weighted by Crippen LogP contribution is 2.35. The summed E-state index contributed by atoms with van der Waals surface area (Å²) in [7, 11) is 0. The lowest BCUT2D eigenvalue weighted by Gasteiger charge is -2.35. The van der Waals surface area contributed by atoms with Gasteiger partial charge in [-0.1, -0.05) is 26.2 Å². The zero-order valence-corrected chi connectivity index (χ0v) is 11.5. The van der Waals surface area contributed by atoms with E-state index in [1.54, 1.807) is 0 Å². The summed E-state index contributed by atoms with van der Waals surface area (Å²) in [5.74, 6) is 1.30. The number of H-pyrrole nitrogens is 1. The average molecular weight is 265 g/mol. The number of aliphatic hydroxyl groups is 1. The highest BCUT2D eigenvalue weighted by molar-refractivity contribution is 5.33. The molecule has 0 saturated heterocycles. The zero-order valence-electron chi connectivity index (χ0n) is 11.5. The third-order valence-electron chi connectivity index (χ3n) is 4.02. The number of aromatic amines is 1. The third-order valence-corrected chi connectivity index (χ3v) is 4.02. The van der Waals surface area contributed by atoms with Crippen molar-refractivity contribution in [1.82, 2.24) is 9.97 Å². The highest BCUT2D eigenvalue weighted by Gasteiger charge is 2.31. The summed E-state index contributed by atoms with van der Waals surface area (Å²) in [6.45, 7) is 2.84. The van der Waals surface area contributed by atoms with Crippen LogP contribution in [-0.2, 0) is 6.42 Å². The summed E-state index contributed by atoms with van der Waals surface area (Å²) in [5, 5.41) is 12.9. The van der Waals surface area contributed by atoms with Crippen LogP contribution in [0.2, 0.25) is 0 Å². The van der Waals surface area contributed by atoms with Gasteiger partial charge in [-0.15, -0.1) is 0 Å². The van der Waals surface area contributed by atoms with Crippen LogP contribution >= 0.6 is 0 Å². The Hall–Kier alpha value is -1.36. The van der Waals surface area contributed by atoms with Crippen molar-refractivity contribution < 1.29 is 5.11 Å². The first-order valence-electron chi connectivity index (χ1n) is 7.12. The summed E-state index contributed by atoms with van der Waals surface area (Å²) in [6, 6.07) is 1.48. The molecule has 106 valence electrons. The molecule has 0 spiro atoms. The average Bonchev–Trinajstić information content (AvgIpc) is 2.45. The molecule has 1 saturated carbocycles. The topological polar surface area (TPSA) is 78.0 Å². The molecule has 1 aromatic rings. The van der Waals surface area contributed by atoms with Crippen molar-refractivity contribution in [2.24, 2.45) is 5.41 Å². The summed E-state index contributed by atoms with van der Waals surface area (Å²) < 4.78 is 0. The van der Waals surface area contributed by atoms with Crippen LogP contribution in [0.4, 0.5) is 5.82 Å². The Kier molecular flexibility index (Phi) is 4.58. The first-order valence-corrected chi connectivity index (χ1v) is 7.12. The van der Waals surface area contributed by atoms with E-state index in [9.17, 15) is 9.90 Å². The van der Waals surface area contributed by atoms with Gasteiger partial charge in [-0.25, -0.2) is 4.98 Å². The Morgan fingerprint density at radius 2 is 2.16 bits per heavy atom. The van der Waals surface area contributed by atoms with Gasteiger partial charge in [0, 0.05) is 24.4 Å². The van der Waals surface area contributed by atoms with E-state index in [-0.39, 0.29) is 17.6 Å². The van der Waals surface area contributed by atoms with E-state index in [4.69, 9.17) is 0 Å². The fourth-order valence-electron chi connectivity index (χ4n) is 2.74. The first kappa shape index (κ1) is 14.1. The van der Waals surface area contributed by atoms with E-state index in [1.165, 1.54) is 25.3 Å². The molecule has 0 radical (unpaired) electrons. The van der Waals surface area contributed by atoms with Crippen LogP contribution < -0.4 is 10.9 Å². The Balaban J connectivity index is 2.04. The van der Waals surface area contributed by atoms with Crippen molar-refractivity contribution >= 4 is 5.82 Å². The Morgan fingerprint density at radius 3 is 2.79 bits per heavy atom. The van der Waals surface area contributed by atoms with Crippen molar-refractivity contribution in [1.29, 1.82) is 0 Å². The number of nitrogens with zero attached hydrogens (tertiary/aromatic N) is 1. The molecule has 1 heterocycles. The van der Waals surface area contributed by atoms with Gasteiger partial charge in [0.1, 0.15) is 11.6 Å². The highest BCUT2D eigenvalue weighted by atomic mass is 16.3. The molecule has 3 N–H and O–H groups in total. The zero-order chi connectivity index (χ0) is 13.7. The van der Waals surface area contributed by atoms with Crippen LogP contribution in [-0.4, -0.2) is 28.2 Å². The van der Waals surface area contributed by atoms with Crippen molar-refractivity contribution in [3.63, 3.8) is 0 Å². The van der Waals surface area contributed by atoms with Crippen LogP contribution in [0, 0.1) is 5.41 Å². The SMILES string of the molecule is CCc1nc(NCC2(CO)CCCCC2)cc(=O)[nH]1. The molecular formula is C14H23N3O2. The monoisotopic (exact) mass is 265 g/mol. The normalized spacial score (nSPS) is 18.2. The van der Waals surface area contributed by atoms with Crippen molar-refractivity contribution in [3.05, 3.63) is 22.2 Å². The van der Waals surface area contributed by atoms with Gasteiger partial charge in [-0.3, -0.25) is 4.79 Å². The van der Waals surface area contributed by atoms with Crippen molar-refractivity contribution in [2.75, 3.05) is 18.5 Å². The molecule has 1 aliphatic rings. The van der Waals surface area contributed by atoms with Crippen LogP contribution in [0.15, 0.2) is 10.9 Å². The molecule has 1 aromatic heterocycles. The number of hydrogen-bond acceptors (Lipinski definition) is 4. The minimum Gasteiger partial charge on any atom is -0.396 e. The molecule has 1 aliphatic carbocycles. The lowest BCUT2D eigenvalue weighted by Crippen LogP contribution is -2.36. The maximum absolute atomic E-state index is 11.5. The predicted octanol–water partition coefficient (Wildman–Crippen LogP) is 1.69. The standard InChI is InChI=1S/C14H23N3O2/c1-2-11-16-12(8-13(19)17-11)15-9-14(10-18)6-4-3-5-7-14/h8,18H,2-7,9-10H2,1H3,(H2,15,16,17,19). The number of aryl methyl sites for hydroxylation is 1. The Bertz CT molecular complexity index is 464. The maximum Gasteiger partial charge on any atom is 0.252 e.